The lowest BCUT2D eigenvalue weighted by molar-refractivity contribution is -0.157. The average Bonchev–Trinajstić information content (AvgIpc) is 3.22. The number of aromatic amines is 1. The molecule has 0 saturated heterocycles. The van der Waals surface area contributed by atoms with Crippen molar-refractivity contribution in [1.29, 1.82) is 0 Å². The van der Waals surface area contributed by atoms with E-state index in [9.17, 15) is 19.5 Å². The van der Waals surface area contributed by atoms with Gasteiger partial charge in [-0.2, -0.15) is 0 Å². The Labute approximate surface area is 168 Å². The summed E-state index contributed by atoms with van der Waals surface area (Å²) < 4.78 is 0. The normalized spacial score (nSPS) is 11.6. The van der Waals surface area contributed by atoms with Crippen LogP contribution in [0.5, 0.6) is 0 Å². The SMILES string of the molecule is O=C(O)C(Cc1c[nH]cn1)N(C(=O)Cc1ccccc1)C(=O)Cc1ccccc1. The molecule has 148 valence electrons. The lowest BCUT2D eigenvalue weighted by Crippen LogP contribution is -2.51. The maximum Gasteiger partial charge on any atom is 0.327 e. The van der Waals surface area contributed by atoms with Gasteiger partial charge in [-0.1, -0.05) is 60.7 Å². The third-order valence-corrected chi connectivity index (χ3v) is 4.49. The molecule has 0 bridgehead atoms. The molecule has 0 fully saturated rings. The lowest BCUT2D eigenvalue weighted by Gasteiger charge is -2.27. The Morgan fingerprint density at radius 2 is 1.41 bits per heavy atom. The first kappa shape index (κ1) is 20.0. The molecule has 0 aliphatic heterocycles. The number of aromatic nitrogens is 2. The van der Waals surface area contributed by atoms with Crippen LogP contribution in [-0.2, 0) is 33.6 Å². The molecule has 3 aromatic rings. The molecule has 1 heterocycles. The van der Waals surface area contributed by atoms with Crippen LogP contribution in [0.3, 0.4) is 0 Å². The second-order valence-corrected chi connectivity index (χ2v) is 6.60. The first-order valence-corrected chi connectivity index (χ1v) is 9.18. The van der Waals surface area contributed by atoms with E-state index < -0.39 is 23.8 Å². The molecule has 0 aliphatic carbocycles. The number of carbonyl (C=O) groups excluding carboxylic acids is 2. The van der Waals surface area contributed by atoms with E-state index in [1.165, 1.54) is 6.33 Å². The maximum atomic E-state index is 13.0. The summed E-state index contributed by atoms with van der Waals surface area (Å²) in [5.74, 6) is -2.36. The van der Waals surface area contributed by atoms with E-state index in [0.29, 0.717) is 16.8 Å². The van der Waals surface area contributed by atoms with Gasteiger partial charge in [0.15, 0.2) is 0 Å². The predicted octanol–water partition coefficient (Wildman–Crippen LogP) is 2.25. The highest BCUT2D eigenvalue weighted by atomic mass is 16.4. The fraction of sp³-hybridized carbons (Fsp3) is 0.182. The molecule has 3 rings (SSSR count). The number of H-pyrrole nitrogens is 1. The zero-order valence-corrected chi connectivity index (χ0v) is 15.7. The van der Waals surface area contributed by atoms with Crippen molar-refractivity contribution >= 4 is 17.8 Å². The van der Waals surface area contributed by atoms with Gasteiger partial charge >= 0.3 is 5.97 Å². The Morgan fingerprint density at radius 3 is 1.83 bits per heavy atom. The van der Waals surface area contributed by atoms with Crippen molar-refractivity contribution in [3.05, 3.63) is 90.0 Å². The van der Waals surface area contributed by atoms with Gasteiger partial charge < -0.3 is 10.1 Å². The van der Waals surface area contributed by atoms with Crippen LogP contribution in [-0.4, -0.2) is 43.8 Å². The van der Waals surface area contributed by atoms with Gasteiger partial charge in [0, 0.05) is 12.6 Å². The first-order chi connectivity index (χ1) is 14.0. The molecule has 7 heteroatoms. The second kappa shape index (κ2) is 9.45. The highest BCUT2D eigenvalue weighted by Crippen LogP contribution is 2.14. The predicted molar refractivity (Wildman–Crippen MR) is 106 cm³/mol. The highest BCUT2D eigenvalue weighted by Gasteiger charge is 2.35. The van der Waals surface area contributed by atoms with Gasteiger partial charge in [0.25, 0.3) is 0 Å². The molecule has 0 spiro atoms. The van der Waals surface area contributed by atoms with Crippen LogP contribution in [0.25, 0.3) is 0 Å². The van der Waals surface area contributed by atoms with Gasteiger partial charge in [-0.3, -0.25) is 14.5 Å². The lowest BCUT2D eigenvalue weighted by atomic mass is 10.0. The summed E-state index contributed by atoms with van der Waals surface area (Å²) in [6.45, 7) is 0. The molecular formula is C22H21N3O4. The van der Waals surface area contributed by atoms with Crippen LogP contribution in [0.15, 0.2) is 73.2 Å². The van der Waals surface area contributed by atoms with Crippen LogP contribution < -0.4 is 0 Å². The molecular weight excluding hydrogens is 370 g/mol. The molecule has 2 aromatic carbocycles. The summed E-state index contributed by atoms with van der Waals surface area (Å²) in [4.78, 5) is 45.7. The fourth-order valence-corrected chi connectivity index (χ4v) is 3.09. The molecule has 29 heavy (non-hydrogen) atoms. The number of imide groups is 1. The molecule has 1 atom stereocenters. The summed E-state index contributed by atoms with van der Waals surface area (Å²) in [6, 6.07) is 16.5. The van der Waals surface area contributed by atoms with Gasteiger partial charge in [-0.25, -0.2) is 9.78 Å². The number of benzene rings is 2. The number of imidazole rings is 1. The number of carbonyl (C=O) groups is 3. The molecule has 1 aromatic heterocycles. The maximum absolute atomic E-state index is 13.0. The standard InChI is InChI=1S/C22H21N3O4/c26-20(11-16-7-3-1-4-8-16)25(21(27)12-17-9-5-2-6-10-17)19(22(28)29)13-18-14-23-15-24-18/h1-10,14-15,19H,11-13H2,(H,23,24)(H,28,29). The first-order valence-electron chi connectivity index (χ1n) is 9.18. The Morgan fingerprint density at radius 1 is 0.897 bits per heavy atom. The van der Waals surface area contributed by atoms with Crippen LogP contribution in [0, 0.1) is 0 Å². The van der Waals surface area contributed by atoms with Gasteiger partial charge in [-0.05, 0) is 11.1 Å². The number of nitrogens with zero attached hydrogens (tertiary/aromatic N) is 2. The van der Waals surface area contributed by atoms with Crippen molar-refractivity contribution in [2.24, 2.45) is 0 Å². The molecule has 0 saturated carbocycles. The largest absolute Gasteiger partial charge is 0.480 e. The van der Waals surface area contributed by atoms with Gasteiger partial charge in [0.1, 0.15) is 6.04 Å². The minimum Gasteiger partial charge on any atom is -0.480 e. The van der Waals surface area contributed by atoms with Crippen LogP contribution >= 0.6 is 0 Å². The molecule has 0 radical (unpaired) electrons. The third-order valence-electron chi connectivity index (χ3n) is 4.49. The molecule has 2 amide bonds. The molecule has 7 nitrogen and oxygen atoms in total. The number of amides is 2. The number of nitrogens with one attached hydrogen (secondary N) is 1. The average molecular weight is 391 g/mol. The number of hydrogen-bond donors (Lipinski definition) is 2. The van der Waals surface area contributed by atoms with E-state index >= 15 is 0 Å². The van der Waals surface area contributed by atoms with E-state index in [-0.39, 0.29) is 19.3 Å². The summed E-state index contributed by atoms with van der Waals surface area (Å²) >= 11 is 0. The molecule has 1 unspecified atom stereocenters. The van der Waals surface area contributed by atoms with E-state index in [0.717, 1.165) is 4.90 Å². The van der Waals surface area contributed by atoms with Gasteiger partial charge in [0.05, 0.1) is 24.9 Å². The monoisotopic (exact) mass is 391 g/mol. The number of carboxylic acids is 1. The van der Waals surface area contributed by atoms with E-state index in [1.54, 1.807) is 54.7 Å². The van der Waals surface area contributed by atoms with Crippen molar-refractivity contribution in [1.82, 2.24) is 14.9 Å². The van der Waals surface area contributed by atoms with Crippen molar-refractivity contribution < 1.29 is 19.5 Å². The summed E-state index contributed by atoms with van der Waals surface area (Å²) in [5, 5.41) is 9.79. The fourth-order valence-electron chi connectivity index (χ4n) is 3.09. The quantitative estimate of drug-likeness (QED) is 0.613. The van der Waals surface area contributed by atoms with E-state index in [4.69, 9.17) is 0 Å². The minimum absolute atomic E-state index is 0.0638. The van der Waals surface area contributed by atoms with Crippen molar-refractivity contribution in [3.8, 4) is 0 Å². The Balaban J connectivity index is 1.89. The van der Waals surface area contributed by atoms with Crippen LogP contribution in [0.4, 0.5) is 0 Å². The number of carboxylic acid groups (broad SMARTS) is 1. The summed E-state index contributed by atoms with van der Waals surface area (Å²) in [5.41, 5.74) is 1.88. The highest BCUT2D eigenvalue weighted by molar-refractivity contribution is 6.00. The Bertz CT molecular complexity index is 903. The van der Waals surface area contributed by atoms with Crippen LogP contribution in [0.1, 0.15) is 16.8 Å². The summed E-state index contributed by atoms with van der Waals surface area (Å²) in [6.07, 6.45) is 2.78. The zero-order chi connectivity index (χ0) is 20.6. The second-order valence-electron chi connectivity index (χ2n) is 6.60. The summed E-state index contributed by atoms with van der Waals surface area (Å²) in [7, 11) is 0. The molecule has 0 aliphatic rings. The number of hydrogen-bond acceptors (Lipinski definition) is 4. The van der Waals surface area contributed by atoms with Crippen LogP contribution in [0.2, 0.25) is 0 Å². The van der Waals surface area contributed by atoms with Crippen molar-refractivity contribution in [2.75, 3.05) is 0 Å². The van der Waals surface area contributed by atoms with E-state index in [1.807, 2.05) is 12.1 Å². The third kappa shape index (κ3) is 5.38. The van der Waals surface area contributed by atoms with E-state index in [2.05, 4.69) is 9.97 Å². The number of aliphatic carboxylic acids is 1. The Hall–Kier alpha value is -3.74. The smallest absolute Gasteiger partial charge is 0.327 e. The van der Waals surface area contributed by atoms with Crippen molar-refractivity contribution in [2.45, 2.75) is 25.3 Å². The van der Waals surface area contributed by atoms with Gasteiger partial charge in [0.2, 0.25) is 11.8 Å². The topological polar surface area (TPSA) is 103 Å². The van der Waals surface area contributed by atoms with Gasteiger partial charge in [-0.15, -0.1) is 0 Å². The van der Waals surface area contributed by atoms with Crippen molar-refractivity contribution in [3.63, 3.8) is 0 Å². The minimum atomic E-state index is -1.34. The number of rotatable bonds is 8. The molecule has 2 N–H and O–H groups in total. The zero-order valence-electron chi connectivity index (χ0n) is 15.7. The Kier molecular flexibility index (Phi) is 6.52.